The summed E-state index contributed by atoms with van der Waals surface area (Å²) in [6.45, 7) is 2.49. The van der Waals surface area contributed by atoms with Crippen LogP contribution in [0.5, 0.6) is 0 Å². The molecule has 0 aromatic heterocycles. The SMILES string of the molecule is CNCC(C)C(=O)NCC(=O)N(C)C. The zero-order valence-corrected chi connectivity index (χ0v) is 9.26. The highest BCUT2D eigenvalue weighted by Gasteiger charge is 2.13. The first-order valence-corrected chi connectivity index (χ1v) is 4.61. The van der Waals surface area contributed by atoms with Gasteiger partial charge in [0.1, 0.15) is 0 Å². The molecule has 0 aromatic rings. The standard InChI is InChI=1S/C9H19N3O2/c1-7(5-10-2)9(14)11-6-8(13)12(3)4/h7,10H,5-6H2,1-4H3,(H,11,14). The molecule has 2 amide bonds. The molecule has 1 unspecified atom stereocenters. The Morgan fingerprint density at radius 1 is 1.36 bits per heavy atom. The average molecular weight is 201 g/mol. The normalized spacial score (nSPS) is 12.0. The highest BCUT2D eigenvalue weighted by Crippen LogP contribution is 1.91. The fourth-order valence-corrected chi connectivity index (χ4v) is 0.894. The van der Waals surface area contributed by atoms with Crippen molar-refractivity contribution in [3.05, 3.63) is 0 Å². The van der Waals surface area contributed by atoms with Crippen molar-refractivity contribution in [2.75, 3.05) is 34.2 Å². The van der Waals surface area contributed by atoms with Gasteiger partial charge in [-0.1, -0.05) is 6.92 Å². The van der Waals surface area contributed by atoms with Crippen molar-refractivity contribution < 1.29 is 9.59 Å². The largest absolute Gasteiger partial charge is 0.347 e. The van der Waals surface area contributed by atoms with Crippen LogP contribution in [-0.2, 0) is 9.59 Å². The van der Waals surface area contributed by atoms with E-state index in [1.165, 1.54) is 4.90 Å². The third-order valence-corrected chi connectivity index (χ3v) is 1.87. The summed E-state index contributed by atoms with van der Waals surface area (Å²) in [6.07, 6.45) is 0. The summed E-state index contributed by atoms with van der Waals surface area (Å²) in [5.41, 5.74) is 0. The number of hydrogen-bond donors (Lipinski definition) is 2. The van der Waals surface area contributed by atoms with E-state index in [9.17, 15) is 9.59 Å². The molecular weight excluding hydrogens is 182 g/mol. The van der Waals surface area contributed by atoms with Crippen LogP contribution >= 0.6 is 0 Å². The molecule has 0 aliphatic carbocycles. The van der Waals surface area contributed by atoms with Crippen LogP contribution in [0.2, 0.25) is 0 Å². The van der Waals surface area contributed by atoms with Crippen molar-refractivity contribution >= 4 is 11.8 Å². The predicted molar refractivity (Wildman–Crippen MR) is 54.8 cm³/mol. The molecule has 0 aliphatic rings. The number of hydrogen-bond acceptors (Lipinski definition) is 3. The van der Waals surface area contributed by atoms with Crippen molar-refractivity contribution in [2.24, 2.45) is 5.92 Å². The second-order valence-corrected chi connectivity index (χ2v) is 3.46. The fourth-order valence-electron chi connectivity index (χ4n) is 0.894. The van der Waals surface area contributed by atoms with Crippen molar-refractivity contribution in [3.8, 4) is 0 Å². The molecule has 2 N–H and O–H groups in total. The zero-order chi connectivity index (χ0) is 11.1. The summed E-state index contributed by atoms with van der Waals surface area (Å²) in [7, 11) is 5.10. The maximum absolute atomic E-state index is 11.3. The van der Waals surface area contributed by atoms with Crippen molar-refractivity contribution in [2.45, 2.75) is 6.92 Å². The number of carbonyl (C=O) groups is 2. The van der Waals surface area contributed by atoms with E-state index in [-0.39, 0.29) is 24.3 Å². The Bertz CT molecular complexity index is 204. The molecule has 0 heterocycles. The smallest absolute Gasteiger partial charge is 0.241 e. The van der Waals surface area contributed by atoms with Gasteiger partial charge in [-0.3, -0.25) is 9.59 Å². The Morgan fingerprint density at radius 3 is 2.36 bits per heavy atom. The second kappa shape index (κ2) is 6.37. The molecule has 0 saturated carbocycles. The molecule has 5 nitrogen and oxygen atoms in total. The Kier molecular flexibility index (Phi) is 5.87. The van der Waals surface area contributed by atoms with Crippen LogP contribution < -0.4 is 10.6 Å². The molecule has 5 heteroatoms. The molecule has 14 heavy (non-hydrogen) atoms. The number of nitrogens with one attached hydrogen (secondary N) is 2. The van der Waals surface area contributed by atoms with Crippen LogP contribution in [-0.4, -0.2) is 50.9 Å². The van der Waals surface area contributed by atoms with Gasteiger partial charge in [0.2, 0.25) is 11.8 Å². The Labute approximate surface area is 84.8 Å². The summed E-state index contributed by atoms with van der Waals surface area (Å²) in [4.78, 5) is 23.9. The highest BCUT2D eigenvalue weighted by atomic mass is 16.2. The molecule has 0 radical (unpaired) electrons. The lowest BCUT2D eigenvalue weighted by molar-refractivity contribution is -0.131. The van der Waals surface area contributed by atoms with E-state index in [2.05, 4.69) is 10.6 Å². The van der Waals surface area contributed by atoms with E-state index in [0.29, 0.717) is 6.54 Å². The Balaban J connectivity index is 3.79. The third-order valence-electron chi connectivity index (χ3n) is 1.87. The summed E-state index contributed by atoms with van der Waals surface area (Å²) in [6, 6.07) is 0. The molecular formula is C9H19N3O2. The molecule has 82 valence electrons. The molecule has 1 atom stereocenters. The minimum atomic E-state index is -0.116. The van der Waals surface area contributed by atoms with Gasteiger partial charge in [-0.25, -0.2) is 0 Å². The van der Waals surface area contributed by atoms with Gasteiger partial charge in [-0.2, -0.15) is 0 Å². The lowest BCUT2D eigenvalue weighted by Gasteiger charge is -2.13. The highest BCUT2D eigenvalue weighted by molar-refractivity contribution is 5.85. The van der Waals surface area contributed by atoms with Crippen LogP contribution in [0.15, 0.2) is 0 Å². The van der Waals surface area contributed by atoms with Gasteiger partial charge in [-0.15, -0.1) is 0 Å². The average Bonchev–Trinajstić information content (AvgIpc) is 2.13. The van der Waals surface area contributed by atoms with Crippen LogP contribution in [0.1, 0.15) is 6.92 Å². The van der Waals surface area contributed by atoms with Crippen molar-refractivity contribution in [3.63, 3.8) is 0 Å². The van der Waals surface area contributed by atoms with Crippen LogP contribution in [0, 0.1) is 5.92 Å². The van der Waals surface area contributed by atoms with Gasteiger partial charge in [0.15, 0.2) is 0 Å². The number of amides is 2. The number of rotatable bonds is 5. The molecule has 0 aliphatic heterocycles. The lowest BCUT2D eigenvalue weighted by Crippen LogP contribution is -2.40. The first kappa shape index (κ1) is 12.9. The van der Waals surface area contributed by atoms with E-state index in [1.54, 1.807) is 21.1 Å². The van der Waals surface area contributed by atoms with Gasteiger partial charge in [0.05, 0.1) is 6.54 Å². The Morgan fingerprint density at radius 2 is 1.93 bits per heavy atom. The fraction of sp³-hybridized carbons (Fsp3) is 0.778. The van der Waals surface area contributed by atoms with Crippen molar-refractivity contribution in [1.82, 2.24) is 15.5 Å². The monoisotopic (exact) mass is 201 g/mol. The van der Waals surface area contributed by atoms with Crippen LogP contribution in [0.4, 0.5) is 0 Å². The summed E-state index contributed by atoms with van der Waals surface area (Å²) in [5, 5.41) is 5.48. The van der Waals surface area contributed by atoms with Crippen molar-refractivity contribution in [1.29, 1.82) is 0 Å². The number of carbonyl (C=O) groups excluding carboxylic acids is 2. The molecule has 0 aromatic carbocycles. The predicted octanol–water partition coefficient (Wildman–Crippen LogP) is -0.954. The lowest BCUT2D eigenvalue weighted by atomic mass is 10.1. The van der Waals surface area contributed by atoms with Crippen LogP contribution in [0.3, 0.4) is 0 Å². The maximum atomic E-state index is 11.3. The van der Waals surface area contributed by atoms with E-state index < -0.39 is 0 Å². The maximum Gasteiger partial charge on any atom is 0.241 e. The van der Waals surface area contributed by atoms with Gasteiger partial charge in [0.25, 0.3) is 0 Å². The minimum absolute atomic E-state index is 0.0693. The van der Waals surface area contributed by atoms with E-state index in [4.69, 9.17) is 0 Å². The van der Waals surface area contributed by atoms with E-state index >= 15 is 0 Å². The van der Waals surface area contributed by atoms with Gasteiger partial charge >= 0.3 is 0 Å². The molecule has 0 saturated heterocycles. The first-order chi connectivity index (χ1) is 6.49. The number of nitrogens with zero attached hydrogens (tertiary/aromatic N) is 1. The molecule has 0 spiro atoms. The molecule has 0 bridgehead atoms. The first-order valence-electron chi connectivity index (χ1n) is 4.61. The number of likely N-dealkylation sites (N-methyl/N-ethyl adjacent to an activating group) is 1. The van der Waals surface area contributed by atoms with E-state index in [1.807, 2.05) is 6.92 Å². The molecule has 0 fully saturated rings. The van der Waals surface area contributed by atoms with Crippen LogP contribution in [0.25, 0.3) is 0 Å². The zero-order valence-electron chi connectivity index (χ0n) is 9.26. The third kappa shape index (κ3) is 4.81. The van der Waals surface area contributed by atoms with Gasteiger partial charge in [0, 0.05) is 26.6 Å². The quantitative estimate of drug-likeness (QED) is 0.602. The second-order valence-electron chi connectivity index (χ2n) is 3.46. The van der Waals surface area contributed by atoms with E-state index in [0.717, 1.165) is 0 Å². The summed E-state index contributed by atoms with van der Waals surface area (Å²) < 4.78 is 0. The topological polar surface area (TPSA) is 61.4 Å². The van der Waals surface area contributed by atoms with Gasteiger partial charge in [-0.05, 0) is 7.05 Å². The minimum Gasteiger partial charge on any atom is -0.347 e. The molecule has 0 rings (SSSR count). The summed E-state index contributed by atoms with van der Waals surface area (Å²) >= 11 is 0. The van der Waals surface area contributed by atoms with Gasteiger partial charge < -0.3 is 15.5 Å². The summed E-state index contributed by atoms with van der Waals surface area (Å²) in [5.74, 6) is -0.320. The Hall–Kier alpha value is -1.10.